The van der Waals surface area contributed by atoms with Crippen molar-refractivity contribution in [3.8, 4) is 0 Å². The van der Waals surface area contributed by atoms with Gasteiger partial charge in [0.1, 0.15) is 24.2 Å². The molecule has 4 amide bonds. The highest BCUT2D eigenvalue weighted by Gasteiger charge is 2.32. The summed E-state index contributed by atoms with van der Waals surface area (Å²) < 4.78 is 0. The van der Waals surface area contributed by atoms with Gasteiger partial charge < -0.3 is 48.7 Å². The summed E-state index contributed by atoms with van der Waals surface area (Å²) in [5, 5.41) is 29.3. The molecule has 0 aliphatic rings. The quantitative estimate of drug-likeness (QED) is 0.0703. The zero-order chi connectivity index (χ0) is 30.8. The van der Waals surface area contributed by atoms with E-state index in [-0.39, 0.29) is 18.8 Å². The van der Waals surface area contributed by atoms with E-state index in [2.05, 4.69) is 21.3 Å². The Labute approximate surface area is 236 Å². The van der Waals surface area contributed by atoms with Crippen LogP contribution in [-0.4, -0.2) is 89.7 Å². The molecular weight excluding hydrogens is 522 g/mol. The van der Waals surface area contributed by atoms with Crippen LogP contribution in [0.3, 0.4) is 0 Å². The minimum atomic E-state index is -1.43. The Bertz CT molecular complexity index is 810. The van der Waals surface area contributed by atoms with Gasteiger partial charge in [-0.25, -0.2) is 4.79 Å². The van der Waals surface area contributed by atoms with E-state index in [1.54, 1.807) is 13.8 Å². The van der Waals surface area contributed by atoms with Crippen LogP contribution in [0.1, 0.15) is 72.6 Å². The molecule has 0 aromatic rings. The maximum atomic E-state index is 13.0. The summed E-state index contributed by atoms with van der Waals surface area (Å²) in [6.07, 6.45) is 3.05. The number of aliphatic hydroxyl groups is 1. The molecule has 0 bridgehead atoms. The molecule has 0 heterocycles. The molecular formula is C26H51N7O7. The molecule has 0 aromatic carbocycles. The normalized spacial score (nSPS) is 15.1. The Morgan fingerprint density at radius 1 is 0.675 bits per heavy atom. The van der Waals surface area contributed by atoms with Crippen molar-refractivity contribution < 1.29 is 34.2 Å². The lowest BCUT2D eigenvalue weighted by Gasteiger charge is -2.27. The highest BCUT2D eigenvalue weighted by Crippen LogP contribution is 2.08. The third-order valence-electron chi connectivity index (χ3n) is 6.27. The van der Waals surface area contributed by atoms with Crippen LogP contribution >= 0.6 is 0 Å². The average molecular weight is 574 g/mol. The fraction of sp³-hybridized carbons (Fsp3) is 0.808. The zero-order valence-electron chi connectivity index (χ0n) is 24.3. The number of nitrogens with two attached hydrogens (primary N) is 3. The van der Waals surface area contributed by atoms with E-state index in [4.69, 9.17) is 17.2 Å². The fourth-order valence-electron chi connectivity index (χ4n) is 3.92. The second kappa shape index (κ2) is 20.1. The van der Waals surface area contributed by atoms with Crippen LogP contribution in [0, 0.1) is 11.8 Å². The zero-order valence-corrected chi connectivity index (χ0v) is 24.3. The van der Waals surface area contributed by atoms with Gasteiger partial charge in [0.05, 0.1) is 12.6 Å². The van der Waals surface area contributed by atoms with E-state index in [9.17, 15) is 34.2 Å². The molecule has 0 unspecified atom stereocenters. The van der Waals surface area contributed by atoms with Crippen LogP contribution in [0.25, 0.3) is 0 Å². The minimum Gasteiger partial charge on any atom is -0.480 e. The molecule has 5 atom stereocenters. The number of carbonyl (C=O) groups excluding carboxylic acids is 4. The van der Waals surface area contributed by atoms with E-state index in [1.165, 1.54) is 0 Å². The summed E-state index contributed by atoms with van der Waals surface area (Å²) in [4.78, 5) is 63.1. The lowest BCUT2D eigenvalue weighted by atomic mass is 10.0. The highest BCUT2D eigenvalue weighted by atomic mass is 16.4. The number of carboxylic acid groups (broad SMARTS) is 1. The second-order valence-corrected chi connectivity index (χ2v) is 10.7. The van der Waals surface area contributed by atoms with Crippen molar-refractivity contribution in [1.29, 1.82) is 0 Å². The number of aliphatic carboxylic acids is 1. The number of rotatable bonds is 21. The van der Waals surface area contributed by atoms with E-state index in [0.717, 1.165) is 0 Å². The van der Waals surface area contributed by atoms with Gasteiger partial charge in [-0.3, -0.25) is 19.2 Å². The number of hydrogen-bond donors (Lipinski definition) is 9. The number of unbranched alkanes of at least 4 members (excludes halogenated alkanes) is 2. The molecule has 0 spiro atoms. The van der Waals surface area contributed by atoms with Gasteiger partial charge in [-0.2, -0.15) is 0 Å². The van der Waals surface area contributed by atoms with Crippen LogP contribution in [0.15, 0.2) is 0 Å². The Hall–Kier alpha value is -2.81. The summed E-state index contributed by atoms with van der Waals surface area (Å²) in [6.45, 7) is 7.15. The van der Waals surface area contributed by atoms with Gasteiger partial charge in [0.25, 0.3) is 0 Å². The number of hydrogen-bond acceptors (Lipinski definition) is 9. The number of carbonyl (C=O) groups is 5. The van der Waals surface area contributed by atoms with E-state index in [0.29, 0.717) is 45.2 Å². The van der Waals surface area contributed by atoms with Crippen LogP contribution in [0.4, 0.5) is 0 Å². The molecule has 232 valence electrons. The number of carboxylic acids is 1. The van der Waals surface area contributed by atoms with Crippen molar-refractivity contribution in [3.05, 3.63) is 0 Å². The van der Waals surface area contributed by atoms with Crippen molar-refractivity contribution >= 4 is 29.6 Å². The van der Waals surface area contributed by atoms with Crippen molar-refractivity contribution in [2.45, 2.75) is 103 Å². The Kier molecular flexibility index (Phi) is 18.7. The van der Waals surface area contributed by atoms with Crippen molar-refractivity contribution in [3.63, 3.8) is 0 Å². The third kappa shape index (κ3) is 14.5. The Balaban J connectivity index is 5.48. The molecule has 0 rings (SSSR count). The fourth-order valence-corrected chi connectivity index (χ4v) is 3.92. The summed E-state index contributed by atoms with van der Waals surface area (Å²) >= 11 is 0. The Morgan fingerprint density at radius 2 is 1.15 bits per heavy atom. The first kappa shape index (κ1) is 37.2. The first-order valence-corrected chi connectivity index (χ1v) is 14.0. The molecule has 0 saturated heterocycles. The molecule has 0 fully saturated rings. The summed E-state index contributed by atoms with van der Waals surface area (Å²) in [7, 11) is 0. The van der Waals surface area contributed by atoms with Gasteiger partial charge in [-0.1, -0.05) is 27.7 Å². The van der Waals surface area contributed by atoms with Gasteiger partial charge in [-0.05, 0) is 69.9 Å². The Morgan fingerprint density at radius 3 is 1.60 bits per heavy atom. The summed E-state index contributed by atoms with van der Waals surface area (Å²) in [5.74, 6) is -4.26. The molecule has 14 heteroatoms. The first-order valence-electron chi connectivity index (χ1n) is 14.0. The van der Waals surface area contributed by atoms with E-state index >= 15 is 0 Å². The maximum Gasteiger partial charge on any atom is 0.326 e. The predicted octanol–water partition coefficient (Wildman–Crippen LogP) is -1.71. The lowest BCUT2D eigenvalue weighted by molar-refractivity contribution is -0.143. The molecule has 0 radical (unpaired) electrons. The number of nitrogens with one attached hydrogen (secondary N) is 4. The average Bonchev–Trinajstić information content (AvgIpc) is 2.88. The maximum absolute atomic E-state index is 13.0. The van der Waals surface area contributed by atoms with E-state index < -0.39 is 72.3 Å². The minimum absolute atomic E-state index is 0.163. The largest absolute Gasteiger partial charge is 0.480 e. The standard InChI is InChI=1S/C26H51N7O7/c1-15(2)13-17(29)22(35)30-18(9-5-7-11-27)23(36)32-20(14-34)24(37)33-21(16(3)4)25(38)31-19(26(39)40)10-6-8-12-28/h15-21,34H,5-14,27-29H2,1-4H3,(H,30,35)(H,31,38)(H,32,36)(H,33,37)(H,39,40)/t17-,18-,19-,20-,21-/m0/s1. The molecule has 0 aliphatic carbocycles. The van der Waals surface area contributed by atoms with Crippen LogP contribution in [0.2, 0.25) is 0 Å². The van der Waals surface area contributed by atoms with Gasteiger partial charge in [0.15, 0.2) is 0 Å². The lowest BCUT2D eigenvalue weighted by Crippen LogP contribution is -2.60. The second-order valence-electron chi connectivity index (χ2n) is 10.7. The topological polar surface area (TPSA) is 252 Å². The SMILES string of the molecule is CC(C)C[C@H](N)C(=O)N[C@@H](CCCCN)C(=O)N[C@@H](CO)C(=O)N[C@H](C(=O)N[C@@H](CCCCN)C(=O)O)C(C)C. The van der Waals surface area contributed by atoms with Crippen LogP contribution in [0.5, 0.6) is 0 Å². The summed E-state index contributed by atoms with van der Waals surface area (Å²) in [5.41, 5.74) is 16.9. The van der Waals surface area contributed by atoms with Gasteiger partial charge in [0.2, 0.25) is 23.6 Å². The predicted molar refractivity (Wildman–Crippen MR) is 151 cm³/mol. The van der Waals surface area contributed by atoms with Crippen molar-refractivity contribution in [2.75, 3.05) is 19.7 Å². The highest BCUT2D eigenvalue weighted by molar-refractivity contribution is 5.95. The van der Waals surface area contributed by atoms with Crippen LogP contribution in [-0.2, 0) is 24.0 Å². The third-order valence-corrected chi connectivity index (χ3v) is 6.27. The van der Waals surface area contributed by atoms with Crippen LogP contribution < -0.4 is 38.5 Å². The molecule has 0 aliphatic heterocycles. The molecule has 0 aromatic heterocycles. The van der Waals surface area contributed by atoms with Gasteiger partial charge in [0, 0.05) is 0 Å². The van der Waals surface area contributed by atoms with Crippen molar-refractivity contribution in [2.24, 2.45) is 29.0 Å². The number of amides is 4. The smallest absolute Gasteiger partial charge is 0.326 e. The molecule has 40 heavy (non-hydrogen) atoms. The van der Waals surface area contributed by atoms with Gasteiger partial charge in [-0.15, -0.1) is 0 Å². The number of aliphatic hydroxyl groups excluding tert-OH is 1. The van der Waals surface area contributed by atoms with Crippen molar-refractivity contribution in [1.82, 2.24) is 21.3 Å². The molecule has 12 N–H and O–H groups in total. The molecule has 0 saturated carbocycles. The summed E-state index contributed by atoms with van der Waals surface area (Å²) in [6, 6.07) is -5.57. The van der Waals surface area contributed by atoms with Gasteiger partial charge >= 0.3 is 5.97 Å². The van der Waals surface area contributed by atoms with E-state index in [1.807, 2.05) is 13.8 Å². The molecule has 14 nitrogen and oxygen atoms in total. The first-order chi connectivity index (χ1) is 18.8. The monoisotopic (exact) mass is 573 g/mol.